The second-order valence-corrected chi connectivity index (χ2v) is 10.2. The van der Waals surface area contributed by atoms with Crippen LogP contribution >= 0.6 is 0 Å². The van der Waals surface area contributed by atoms with Crippen LogP contribution in [0.25, 0.3) is 22.2 Å². The van der Waals surface area contributed by atoms with Gasteiger partial charge in [-0.05, 0) is 65.2 Å². The summed E-state index contributed by atoms with van der Waals surface area (Å²) in [7, 11) is 0. The van der Waals surface area contributed by atoms with Crippen LogP contribution in [0.2, 0.25) is 0 Å². The van der Waals surface area contributed by atoms with Crippen molar-refractivity contribution in [2.24, 2.45) is 5.16 Å². The second-order valence-electron chi connectivity index (χ2n) is 10.2. The number of hydrogen-bond donors (Lipinski definition) is 4. The van der Waals surface area contributed by atoms with E-state index in [1.165, 1.54) is 6.92 Å². The Bertz CT molecular complexity index is 1340. The van der Waals surface area contributed by atoms with Crippen LogP contribution in [0.3, 0.4) is 0 Å². The molecule has 1 aromatic carbocycles. The van der Waals surface area contributed by atoms with E-state index < -0.39 is 5.60 Å². The molecule has 0 spiro atoms. The Morgan fingerprint density at radius 2 is 2.08 bits per heavy atom. The molecule has 0 bridgehead atoms. The zero-order valence-electron chi connectivity index (χ0n) is 21.8. The Morgan fingerprint density at radius 1 is 1.30 bits per heavy atom. The van der Waals surface area contributed by atoms with Crippen molar-refractivity contribution >= 4 is 34.7 Å². The first-order valence-corrected chi connectivity index (χ1v) is 12.2. The van der Waals surface area contributed by atoms with E-state index in [4.69, 9.17) is 14.9 Å². The molecule has 11 nitrogen and oxygen atoms in total. The predicted molar refractivity (Wildman–Crippen MR) is 141 cm³/mol. The van der Waals surface area contributed by atoms with Crippen LogP contribution in [0.15, 0.2) is 35.7 Å². The number of rotatable bonds is 4. The monoisotopic (exact) mass is 507 g/mol. The summed E-state index contributed by atoms with van der Waals surface area (Å²) in [5.74, 6) is 0.229. The predicted octanol–water partition coefficient (Wildman–Crippen LogP) is 4.28. The molecule has 1 atom stereocenters. The third-order valence-corrected chi connectivity index (χ3v) is 6.02. The first-order chi connectivity index (χ1) is 17.5. The standard InChI is InChI=1S/C26H33N7O4/c1-15-12-28-24(30-18-7-6-10-33(14-18)25(35)37-26(3,4)5)31-22(15)20-13-27-21-11-17(8-9-19(20)21)23(34)29-16(2)32-36/h8-9,11-13,18,27,36H,6-7,10,14H2,1-5H3,(H,28,30,31)(H,29,32,34)/t18-/m0/s1. The van der Waals surface area contributed by atoms with Gasteiger partial charge in [0.15, 0.2) is 0 Å². The van der Waals surface area contributed by atoms with E-state index in [0.717, 1.165) is 40.6 Å². The molecular formula is C26H33N7O4. The molecule has 4 rings (SSSR count). The van der Waals surface area contributed by atoms with Crippen LogP contribution in [-0.4, -0.2) is 67.6 Å². The highest BCUT2D eigenvalue weighted by Gasteiger charge is 2.28. The number of hydrogen-bond acceptors (Lipinski definition) is 8. The van der Waals surface area contributed by atoms with Crippen molar-refractivity contribution in [1.82, 2.24) is 25.2 Å². The molecule has 37 heavy (non-hydrogen) atoms. The molecule has 2 aromatic heterocycles. The lowest BCUT2D eigenvalue weighted by molar-refractivity contribution is 0.0206. The fraction of sp³-hybridized carbons (Fsp3) is 0.423. The van der Waals surface area contributed by atoms with Gasteiger partial charge in [-0.2, -0.15) is 0 Å². The van der Waals surface area contributed by atoms with Crippen molar-refractivity contribution in [3.63, 3.8) is 0 Å². The molecule has 2 amide bonds. The minimum atomic E-state index is -0.539. The lowest BCUT2D eigenvalue weighted by atomic mass is 10.0. The summed E-state index contributed by atoms with van der Waals surface area (Å²) in [5, 5.41) is 18.6. The van der Waals surface area contributed by atoms with E-state index in [0.29, 0.717) is 24.6 Å². The first-order valence-electron chi connectivity index (χ1n) is 12.2. The Hall–Kier alpha value is -4.15. The van der Waals surface area contributed by atoms with E-state index in [1.807, 2.05) is 40.0 Å². The van der Waals surface area contributed by atoms with Gasteiger partial charge in [0.05, 0.1) is 5.69 Å². The number of fused-ring (bicyclic) bond motifs is 1. The number of carbonyl (C=O) groups excluding carboxylic acids is 2. The number of piperidine rings is 1. The number of amidine groups is 1. The fourth-order valence-electron chi connectivity index (χ4n) is 4.28. The zero-order valence-corrected chi connectivity index (χ0v) is 21.8. The average molecular weight is 508 g/mol. The van der Waals surface area contributed by atoms with Crippen molar-refractivity contribution in [2.45, 2.75) is 59.1 Å². The van der Waals surface area contributed by atoms with Crippen LogP contribution in [-0.2, 0) is 4.74 Å². The van der Waals surface area contributed by atoms with Gasteiger partial charge in [0, 0.05) is 53.6 Å². The Labute approximate surface area is 215 Å². The highest BCUT2D eigenvalue weighted by Crippen LogP contribution is 2.31. The van der Waals surface area contributed by atoms with E-state index >= 15 is 0 Å². The maximum atomic E-state index is 12.5. The van der Waals surface area contributed by atoms with E-state index in [9.17, 15) is 9.59 Å². The number of likely N-dealkylation sites (tertiary alicyclic amines) is 1. The van der Waals surface area contributed by atoms with Crippen LogP contribution in [0.4, 0.5) is 10.7 Å². The summed E-state index contributed by atoms with van der Waals surface area (Å²) >= 11 is 0. The zero-order chi connectivity index (χ0) is 26.7. The van der Waals surface area contributed by atoms with E-state index in [2.05, 4.69) is 25.8 Å². The minimum absolute atomic E-state index is 0.00628. The number of anilines is 1. The molecule has 4 N–H and O–H groups in total. The summed E-state index contributed by atoms with van der Waals surface area (Å²) < 4.78 is 5.53. The van der Waals surface area contributed by atoms with Crippen LogP contribution in [0.5, 0.6) is 0 Å². The summed E-state index contributed by atoms with van der Waals surface area (Å²) in [4.78, 5) is 39.1. The molecule has 3 aromatic rings. The maximum Gasteiger partial charge on any atom is 0.410 e. The molecule has 0 radical (unpaired) electrons. The molecule has 1 aliphatic heterocycles. The normalized spacial score (nSPS) is 16.5. The van der Waals surface area contributed by atoms with Gasteiger partial charge in [0.25, 0.3) is 5.91 Å². The van der Waals surface area contributed by atoms with Crippen molar-refractivity contribution in [2.75, 3.05) is 18.4 Å². The first kappa shape index (κ1) is 25.9. The SMILES string of the molecule is C/C(=N/O)NC(=O)c1ccc2c(-c3nc(N[C@H]4CCCN(C(=O)OC(C)(C)C)C4)ncc3C)c[nH]c2c1. The van der Waals surface area contributed by atoms with Gasteiger partial charge >= 0.3 is 6.09 Å². The van der Waals surface area contributed by atoms with Gasteiger partial charge < -0.3 is 30.5 Å². The number of oxime groups is 1. The minimum Gasteiger partial charge on any atom is -0.444 e. The van der Waals surface area contributed by atoms with Gasteiger partial charge in [-0.1, -0.05) is 11.2 Å². The number of aromatic nitrogens is 3. The number of aryl methyl sites for hydroxylation is 1. The molecule has 11 heteroatoms. The summed E-state index contributed by atoms with van der Waals surface area (Å²) in [6.45, 7) is 10.2. The second kappa shape index (κ2) is 10.5. The fourth-order valence-corrected chi connectivity index (χ4v) is 4.28. The molecule has 1 saturated heterocycles. The molecule has 0 unspecified atom stereocenters. The van der Waals surface area contributed by atoms with Crippen LogP contribution < -0.4 is 10.6 Å². The van der Waals surface area contributed by atoms with Gasteiger partial charge in [-0.25, -0.2) is 14.8 Å². The number of ether oxygens (including phenoxy) is 1. The molecular weight excluding hydrogens is 474 g/mol. The van der Waals surface area contributed by atoms with Crippen LogP contribution in [0.1, 0.15) is 56.5 Å². The number of aromatic amines is 1. The number of H-pyrrole nitrogens is 1. The Morgan fingerprint density at radius 3 is 2.81 bits per heavy atom. The average Bonchev–Trinajstić information content (AvgIpc) is 3.27. The number of nitrogens with zero attached hydrogens (tertiary/aromatic N) is 4. The molecule has 0 aliphatic carbocycles. The van der Waals surface area contributed by atoms with Gasteiger partial charge in [-0.15, -0.1) is 0 Å². The lowest BCUT2D eigenvalue weighted by Crippen LogP contribution is -2.47. The molecule has 3 heterocycles. The number of benzene rings is 1. The quantitative estimate of drug-likeness (QED) is 0.178. The third-order valence-electron chi connectivity index (χ3n) is 6.02. The highest BCUT2D eigenvalue weighted by molar-refractivity contribution is 6.08. The van der Waals surface area contributed by atoms with Crippen LogP contribution in [0, 0.1) is 6.92 Å². The molecule has 1 aliphatic rings. The molecule has 0 saturated carbocycles. The third kappa shape index (κ3) is 6.16. The van der Waals surface area contributed by atoms with Crippen molar-refractivity contribution in [3.05, 3.63) is 41.7 Å². The number of carbonyl (C=O) groups is 2. The van der Waals surface area contributed by atoms with Gasteiger partial charge in [0.2, 0.25) is 5.95 Å². The maximum absolute atomic E-state index is 12.5. The summed E-state index contributed by atoms with van der Waals surface area (Å²) in [5.41, 5.74) is 3.22. The Kier molecular flexibility index (Phi) is 7.33. The summed E-state index contributed by atoms with van der Waals surface area (Å²) in [6, 6.07) is 5.31. The highest BCUT2D eigenvalue weighted by atomic mass is 16.6. The number of nitrogens with one attached hydrogen (secondary N) is 3. The number of amides is 2. The van der Waals surface area contributed by atoms with Crippen molar-refractivity contribution in [1.29, 1.82) is 0 Å². The molecule has 1 fully saturated rings. The smallest absolute Gasteiger partial charge is 0.410 e. The van der Waals surface area contributed by atoms with Gasteiger partial charge in [-0.3, -0.25) is 4.79 Å². The lowest BCUT2D eigenvalue weighted by Gasteiger charge is -2.34. The largest absolute Gasteiger partial charge is 0.444 e. The summed E-state index contributed by atoms with van der Waals surface area (Å²) in [6.07, 6.45) is 5.07. The Balaban J connectivity index is 1.53. The van der Waals surface area contributed by atoms with E-state index in [-0.39, 0.29) is 23.9 Å². The topological polar surface area (TPSA) is 145 Å². The van der Waals surface area contributed by atoms with Crippen molar-refractivity contribution in [3.8, 4) is 11.3 Å². The van der Waals surface area contributed by atoms with Gasteiger partial charge in [0.1, 0.15) is 11.4 Å². The van der Waals surface area contributed by atoms with Crippen molar-refractivity contribution < 1.29 is 19.5 Å². The van der Waals surface area contributed by atoms with E-state index in [1.54, 1.807) is 23.2 Å². The molecule has 196 valence electrons.